The predicted octanol–water partition coefficient (Wildman–Crippen LogP) is 3.72. The van der Waals surface area contributed by atoms with Gasteiger partial charge in [0.2, 0.25) is 0 Å². The molecule has 0 radical (unpaired) electrons. The second-order valence-corrected chi connectivity index (χ2v) is 7.83. The summed E-state index contributed by atoms with van der Waals surface area (Å²) in [5.41, 5.74) is 2.54. The number of imidazole rings is 1. The number of hydrogen-bond donors (Lipinski definition) is 1. The van der Waals surface area contributed by atoms with Crippen molar-refractivity contribution in [3.8, 4) is 18.4 Å². The number of benzene rings is 1. The van der Waals surface area contributed by atoms with Gasteiger partial charge in [0, 0.05) is 13.1 Å². The summed E-state index contributed by atoms with van der Waals surface area (Å²) in [5.74, 6) is 2.74. The summed E-state index contributed by atoms with van der Waals surface area (Å²) in [6, 6.07) is 7.72. The van der Waals surface area contributed by atoms with Crippen LogP contribution in [0.2, 0.25) is 0 Å². The van der Waals surface area contributed by atoms with Gasteiger partial charge < -0.3 is 9.67 Å². The highest BCUT2D eigenvalue weighted by atomic mass is 16.4. The summed E-state index contributed by atoms with van der Waals surface area (Å²) in [4.78, 5) is 17.2. The van der Waals surface area contributed by atoms with E-state index in [1.165, 1.54) is 4.90 Å². The molecular formula is C21H24N4O2. The van der Waals surface area contributed by atoms with E-state index in [-0.39, 0.29) is 12.0 Å². The first kappa shape index (κ1) is 18.8. The second-order valence-electron chi connectivity index (χ2n) is 7.83. The molecule has 1 N–H and O–H groups in total. The van der Waals surface area contributed by atoms with E-state index in [4.69, 9.17) is 11.7 Å². The Morgan fingerprint density at radius 1 is 1.56 bits per heavy atom. The number of nitriles is 1. The van der Waals surface area contributed by atoms with Crippen LogP contribution in [0.25, 0.3) is 11.0 Å². The molecule has 3 rings (SSSR count). The fourth-order valence-corrected chi connectivity index (χ4v) is 4.31. The zero-order valence-corrected chi connectivity index (χ0v) is 15.6. The van der Waals surface area contributed by atoms with Gasteiger partial charge in [-0.15, -0.1) is 6.42 Å². The van der Waals surface area contributed by atoms with Crippen LogP contribution in [-0.4, -0.2) is 38.7 Å². The summed E-state index contributed by atoms with van der Waals surface area (Å²) >= 11 is 0. The van der Waals surface area contributed by atoms with Crippen molar-refractivity contribution in [2.75, 3.05) is 13.1 Å². The summed E-state index contributed by atoms with van der Waals surface area (Å²) < 4.78 is 2.12. The molecule has 27 heavy (non-hydrogen) atoms. The number of nitrogens with zero attached hydrogens (tertiary/aromatic N) is 4. The van der Waals surface area contributed by atoms with Gasteiger partial charge in [-0.05, 0) is 48.8 Å². The Hall–Kier alpha value is -2.99. The number of fused-ring (bicyclic) bond motifs is 1. The predicted molar refractivity (Wildman–Crippen MR) is 103 cm³/mol. The van der Waals surface area contributed by atoms with E-state index < -0.39 is 6.09 Å². The van der Waals surface area contributed by atoms with Crippen LogP contribution >= 0.6 is 0 Å². The quantitative estimate of drug-likeness (QED) is 0.820. The summed E-state index contributed by atoms with van der Waals surface area (Å²) in [6.07, 6.45) is 10.3. The number of carbonyl (C=O) groups is 1. The van der Waals surface area contributed by atoms with Crippen molar-refractivity contribution < 1.29 is 9.90 Å². The van der Waals surface area contributed by atoms with Crippen LogP contribution in [0.1, 0.15) is 38.2 Å². The lowest BCUT2D eigenvalue weighted by molar-refractivity contribution is 0.0995. The summed E-state index contributed by atoms with van der Waals surface area (Å²) in [7, 11) is 0. The minimum atomic E-state index is -0.954. The molecule has 0 saturated heterocycles. The van der Waals surface area contributed by atoms with Gasteiger partial charge in [0.15, 0.2) is 0 Å². The fourth-order valence-electron chi connectivity index (χ4n) is 4.31. The minimum Gasteiger partial charge on any atom is -0.465 e. The lowest BCUT2D eigenvalue weighted by atomic mass is 9.70. The highest BCUT2D eigenvalue weighted by Gasteiger charge is 2.34. The molecule has 2 aromatic rings. The Bertz CT molecular complexity index is 920. The molecule has 2 unspecified atom stereocenters. The normalized spacial score (nSPS) is 22.1. The monoisotopic (exact) mass is 364 g/mol. The number of carboxylic acid groups (broad SMARTS) is 1. The van der Waals surface area contributed by atoms with Crippen molar-refractivity contribution in [1.82, 2.24) is 14.5 Å². The lowest BCUT2D eigenvalue weighted by Crippen LogP contribution is -2.39. The molecule has 6 nitrogen and oxygen atoms in total. The Morgan fingerprint density at radius 3 is 3.07 bits per heavy atom. The van der Waals surface area contributed by atoms with E-state index >= 15 is 0 Å². The van der Waals surface area contributed by atoms with Crippen molar-refractivity contribution in [3.63, 3.8) is 0 Å². The van der Waals surface area contributed by atoms with Gasteiger partial charge in [-0.1, -0.05) is 19.3 Å². The van der Waals surface area contributed by atoms with Crippen molar-refractivity contribution in [2.45, 2.75) is 39.2 Å². The summed E-state index contributed by atoms with van der Waals surface area (Å²) in [6.45, 7) is 3.67. The molecule has 0 spiro atoms. The Kier molecular flexibility index (Phi) is 5.37. The molecule has 6 heteroatoms. The summed E-state index contributed by atoms with van der Waals surface area (Å²) in [5, 5.41) is 18.5. The third-order valence-corrected chi connectivity index (χ3v) is 5.51. The molecule has 1 aliphatic rings. The van der Waals surface area contributed by atoms with Gasteiger partial charge in [-0.2, -0.15) is 5.26 Å². The van der Waals surface area contributed by atoms with E-state index in [0.717, 1.165) is 43.3 Å². The Labute approximate surface area is 159 Å². The molecular weight excluding hydrogens is 340 g/mol. The first-order valence-corrected chi connectivity index (χ1v) is 9.20. The van der Waals surface area contributed by atoms with E-state index in [1.54, 1.807) is 6.07 Å². The highest BCUT2D eigenvalue weighted by molar-refractivity contribution is 5.77. The van der Waals surface area contributed by atoms with Crippen molar-refractivity contribution >= 4 is 17.1 Å². The third-order valence-electron chi connectivity index (χ3n) is 5.51. The lowest BCUT2D eigenvalue weighted by Gasteiger charge is -2.39. The number of hydrogen-bond acceptors (Lipinski definition) is 3. The van der Waals surface area contributed by atoms with Crippen LogP contribution in [-0.2, 0) is 6.54 Å². The van der Waals surface area contributed by atoms with Crippen molar-refractivity contribution in [1.29, 1.82) is 5.26 Å². The van der Waals surface area contributed by atoms with Crippen LogP contribution in [0, 0.1) is 35.0 Å². The first-order chi connectivity index (χ1) is 12.9. The van der Waals surface area contributed by atoms with Crippen molar-refractivity contribution in [2.24, 2.45) is 11.3 Å². The average Bonchev–Trinajstić information content (AvgIpc) is 3.02. The van der Waals surface area contributed by atoms with Crippen LogP contribution in [0.15, 0.2) is 24.5 Å². The molecule has 2 atom stereocenters. The highest BCUT2D eigenvalue weighted by Crippen LogP contribution is 2.41. The Balaban J connectivity index is 1.75. The third kappa shape index (κ3) is 4.23. The second kappa shape index (κ2) is 7.72. The molecule has 1 saturated carbocycles. The number of aromatic nitrogens is 2. The average molecular weight is 364 g/mol. The molecule has 140 valence electrons. The maximum absolute atomic E-state index is 11.4. The van der Waals surface area contributed by atoms with Gasteiger partial charge in [-0.25, -0.2) is 9.78 Å². The van der Waals surface area contributed by atoms with E-state index in [2.05, 4.69) is 28.5 Å². The van der Waals surface area contributed by atoms with Crippen LogP contribution in [0.5, 0.6) is 0 Å². The molecule has 1 aliphatic carbocycles. The SMILES string of the molecule is C#CCN(CC1CCCC(C)(Cn2cnc3ccc(C#N)cc32)C1)C(=O)O. The number of terminal acetylenes is 1. The fraction of sp³-hybridized carbons (Fsp3) is 0.476. The van der Waals surface area contributed by atoms with Crippen LogP contribution in [0.4, 0.5) is 4.79 Å². The largest absolute Gasteiger partial charge is 0.465 e. The van der Waals surface area contributed by atoms with E-state index in [9.17, 15) is 9.90 Å². The van der Waals surface area contributed by atoms with Gasteiger partial charge in [0.05, 0.1) is 35.5 Å². The van der Waals surface area contributed by atoms with E-state index in [0.29, 0.717) is 18.0 Å². The molecule has 1 heterocycles. The molecule has 0 bridgehead atoms. The van der Waals surface area contributed by atoms with Crippen LogP contribution < -0.4 is 0 Å². The van der Waals surface area contributed by atoms with E-state index in [1.807, 2.05) is 18.5 Å². The van der Waals surface area contributed by atoms with Crippen LogP contribution in [0.3, 0.4) is 0 Å². The first-order valence-electron chi connectivity index (χ1n) is 9.20. The molecule has 1 fully saturated rings. The van der Waals surface area contributed by atoms with Gasteiger partial charge in [0.25, 0.3) is 0 Å². The zero-order chi connectivity index (χ0) is 19.4. The minimum absolute atomic E-state index is 0.0551. The van der Waals surface area contributed by atoms with Gasteiger partial charge in [0.1, 0.15) is 0 Å². The topological polar surface area (TPSA) is 82.2 Å². The zero-order valence-electron chi connectivity index (χ0n) is 15.6. The Morgan fingerprint density at radius 2 is 2.37 bits per heavy atom. The molecule has 1 aromatic heterocycles. The molecule has 0 aliphatic heterocycles. The van der Waals surface area contributed by atoms with Crippen molar-refractivity contribution in [3.05, 3.63) is 30.1 Å². The molecule has 1 aromatic carbocycles. The van der Waals surface area contributed by atoms with Gasteiger partial charge in [-0.3, -0.25) is 4.90 Å². The smallest absolute Gasteiger partial charge is 0.408 e. The molecule has 1 amide bonds. The van der Waals surface area contributed by atoms with Gasteiger partial charge >= 0.3 is 6.09 Å². The number of amides is 1. The standard InChI is InChI=1S/C21H24N4O2/c1-3-9-24(20(26)27)13-17-5-4-8-21(2,11-17)14-25-15-23-18-7-6-16(12-22)10-19(18)25/h1,6-7,10,15,17H,4-5,8-9,11,13-14H2,2H3,(H,26,27). The number of rotatable bonds is 5. The maximum atomic E-state index is 11.4. The maximum Gasteiger partial charge on any atom is 0.408 e.